The molecule has 3 unspecified atom stereocenters. The Labute approximate surface area is 240 Å². The van der Waals surface area contributed by atoms with E-state index in [1.54, 1.807) is 7.11 Å². The Morgan fingerprint density at radius 3 is 2.28 bits per heavy atom. The molecule has 1 aliphatic carbocycles. The van der Waals surface area contributed by atoms with Crippen LogP contribution in [0.1, 0.15) is 71.9 Å². The van der Waals surface area contributed by atoms with E-state index >= 15 is 0 Å². The molecular formula is C32H54O5Si2. The van der Waals surface area contributed by atoms with Gasteiger partial charge in [0.2, 0.25) is 0 Å². The van der Waals surface area contributed by atoms with Crippen LogP contribution in [0.25, 0.3) is 0 Å². The van der Waals surface area contributed by atoms with E-state index in [1.807, 2.05) is 0 Å². The minimum absolute atomic E-state index is 0.00560. The number of aliphatic hydroxyl groups excluding tert-OH is 1. The summed E-state index contributed by atoms with van der Waals surface area (Å²) in [7, 11) is -2.27. The number of benzene rings is 1. The molecule has 1 aromatic rings. The van der Waals surface area contributed by atoms with E-state index in [2.05, 4.69) is 104 Å². The predicted molar refractivity (Wildman–Crippen MR) is 165 cm³/mol. The van der Waals surface area contributed by atoms with Gasteiger partial charge in [-0.2, -0.15) is 0 Å². The third-order valence-electron chi connectivity index (χ3n) is 9.38. The van der Waals surface area contributed by atoms with Crippen molar-refractivity contribution in [2.75, 3.05) is 7.11 Å². The lowest BCUT2D eigenvalue weighted by atomic mass is 9.98. The molecule has 220 valence electrons. The van der Waals surface area contributed by atoms with Crippen LogP contribution in [0.2, 0.25) is 36.3 Å². The number of rotatable bonds is 10. The summed E-state index contributed by atoms with van der Waals surface area (Å²) >= 11 is 0. The van der Waals surface area contributed by atoms with Crippen LogP contribution < -0.4 is 0 Å². The second kappa shape index (κ2) is 12.5. The zero-order valence-corrected chi connectivity index (χ0v) is 28.4. The molecular weight excluding hydrogens is 521 g/mol. The molecule has 3 rings (SSSR count). The molecule has 1 aliphatic heterocycles. The average molecular weight is 575 g/mol. The number of hydrogen-bond donors (Lipinski definition) is 1. The predicted octanol–water partition coefficient (Wildman–Crippen LogP) is 7.76. The van der Waals surface area contributed by atoms with Crippen molar-refractivity contribution in [2.45, 2.75) is 135 Å². The van der Waals surface area contributed by atoms with Crippen LogP contribution in [0.15, 0.2) is 41.6 Å². The van der Waals surface area contributed by atoms with Gasteiger partial charge in [0.05, 0.1) is 24.9 Å². The highest BCUT2D eigenvalue weighted by Gasteiger charge is 2.50. The lowest BCUT2D eigenvalue weighted by Gasteiger charge is -2.39. The number of ether oxygens (including phenoxy) is 2. The molecule has 1 heterocycles. The third kappa shape index (κ3) is 8.26. The van der Waals surface area contributed by atoms with Crippen molar-refractivity contribution in [1.29, 1.82) is 0 Å². The molecule has 5 atom stereocenters. The summed E-state index contributed by atoms with van der Waals surface area (Å²) in [5, 5.41) is 10.5. The lowest BCUT2D eigenvalue weighted by molar-refractivity contribution is -0.0942. The molecule has 1 saturated carbocycles. The fourth-order valence-corrected chi connectivity index (χ4v) is 7.54. The Morgan fingerprint density at radius 1 is 1.03 bits per heavy atom. The van der Waals surface area contributed by atoms with E-state index in [0.29, 0.717) is 13.0 Å². The topological polar surface area (TPSA) is 57.2 Å². The van der Waals surface area contributed by atoms with Gasteiger partial charge in [-0.25, -0.2) is 0 Å². The van der Waals surface area contributed by atoms with Gasteiger partial charge in [-0.1, -0.05) is 65.8 Å². The first-order valence-electron chi connectivity index (χ1n) is 14.7. The first kappa shape index (κ1) is 32.5. The Bertz CT molecular complexity index is 1030. The Morgan fingerprint density at radius 2 is 1.67 bits per heavy atom. The average Bonchev–Trinajstić information content (AvgIpc) is 3.29. The second-order valence-corrected chi connectivity index (χ2v) is 24.1. The third-order valence-corrected chi connectivity index (χ3v) is 18.4. The molecule has 1 N–H and O–H groups in total. The Kier molecular flexibility index (Phi) is 10.4. The van der Waals surface area contributed by atoms with E-state index in [9.17, 15) is 5.11 Å². The van der Waals surface area contributed by atoms with Crippen molar-refractivity contribution in [3.63, 3.8) is 0 Å². The van der Waals surface area contributed by atoms with Crippen LogP contribution >= 0.6 is 0 Å². The van der Waals surface area contributed by atoms with E-state index in [1.165, 1.54) is 11.1 Å². The first-order chi connectivity index (χ1) is 17.9. The minimum atomic E-state index is -2.01. The summed E-state index contributed by atoms with van der Waals surface area (Å²) in [5.41, 5.74) is 7.35. The van der Waals surface area contributed by atoms with E-state index < -0.39 is 22.9 Å². The van der Waals surface area contributed by atoms with Crippen LogP contribution in [0.3, 0.4) is 0 Å². The fraction of sp³-hybridized carbons (Fsp3) is 0.719. The molecule has 7 heteroatoms. The van der Waals surface area contributed by atoms with Crippen LogP contribution in [0.5, 0.6) is 0 Å². The van der Waals surface area contributed by atoms with Gasteiger partial charge < -0.3 is 23.4 Å². The van der Waals surface area contributed by atoms with E-state index in [0.717, 1.165) is 24.8 Å². The largest absolute Gasteiger partial charge is 0.410 e. The van der Waals surface area contributed by atoms with Gasteiger partial charge >= 0.3 is 0 Å². The molecule has 1 saturated heterocycles. The SMILES string of the molecule is COCc1cccc(CCC(C=C=C2C3CC(O)O[C@H]3C[C@H]2O[Si](C)(C)C(C)(C)C)O[Si](C)(C)C(C)(C)C)c1. The van der Waals surface area contributed by atoms with Gasteiger partial charge in [-0.05, 0) is 66.3 Å². The molecule has 5 nitrogen and oxygen atoms in total. The Hall–Kier alpha value is -1.03. The van der Waals surface area contributed by atoms with Gasteiger partial charge in [0, 0.05) is 31.4 Å². The Balaban J connectivity index is 1.93. The normalized spacial score (nSPS) is 25.0. The van der Waals surface area contributed by atoms with Gasteiger partial charge in [0.15, 0.2) is 22.9 Å². The first-order valence-corrected chi connectivity index (χ1v) is 20.5. The summed E-state index contributed by atoms with van der Waals surface area (Å²) in [6.45, 7) is 23.6. The zero-order chi connectivity index (χ0) is 29.2. The van der Waals surface area contributed by atoms with E-state index in [4.69, 9.17) is 18.3 Å². The lowest BCUT2D eigenvalue weighted by Crippen LogP contribution is -2.44. The molecule has 0 bridgehead atoms. The minimum Gasteiger partial charge on any atom is -0.410 e. The van der Waals surface area contributed by atoms with Crippen molar-refractivity contribution in [2.24, 2.45) is 5.92 Å². The van der Waals surface area contributed by atoms with Gasteiger partial charge in [-0.3, -0.25) is 0 Å². The van der Waals surface area contributed by atoms with Crippen LogP contribution in [0, 0.1) is 5.92 Å². The van der Waals surface area contributed by atoms with Crippen molar-refractivity contribution >= 4 is 16.6 Å². The van der Waals surface area contributed by atoms with Crippen LogP contribution in [0.4, 0.5) is 0 Å². The van der Waals surface area contributed by atoms with E-state index in [-0.39, 0.29) is 34.3 Å². The van der Waals surface area contributed by atoms with Crippen molar-refractivity contribution in [1.82, 2.24) is 0 Å². The number of aliphatic hydroxyl groups is 1. The number of aryl methyl sites for hydroxylation is 1. The van der Waals surface area contributed by atoms with Crippen LogP contribution in [-0.2, 0) is 31.4 Å². The maximum atomic E-state index is 10.3. The number of methoxy groups -OCH3 is 1. The fourth-order valence-electron chi connectivity index (χ4n) is 4.96. The molecule has 0 radical (unpaired) electrons. The maximum Gasteiger partial charge on any atom is 0.192 e. The zero-order valence-electron chi connectivity index (χ0n) is 26.4. The highest BCUT2D eigenvalue weighted by molar-refractivity contribution is 6.74. The van der Waals surface area contributed by atoms with Gasteiger partial charge in [0.25, 0.3) is 0 Å². The number of fused-ring (bicyclic) bond motifs is 1. The molecule has 39 heavy (non-hydrogen) atoms. The molecule has 0 aromatic heterocycles. The molecule has 1 aromatic carbocycles. The highest BCUT2D eigenvalue weighted by atomic mass is 28.4. The summed E-state index contributed by atoms with van der Waals surface area (Å²) < 4.78 is 25.1. The van der Waals surface area contributed by atoms with Crippen molar-refractivity contribution in [3.05, 3.63) is 52.8 Å². The molecule has 0 amide bonds. The van der Waals surface area contributed by atoms with Crippen LogP contribution in [-0.4, -0.2) is 53.5 Å². The second-order valence-electron chi connectivity index (χ2n) is 14.5. The summed E-state index contributed by atoms with van der Waals surface area (Å²) in [4.78, 5) is 0. The standard InChI is InChI=1S/C32H54O5Si2/c1-31(2,3)38(8,9)36-25(16-15-23-13-12-14-24(19-23)22-34-7)17-18-26-27-20-30(33)35-28(27)21-29(26)37-39(10,11)32(4,5)6/h12-14,17,19,25,27-30,33H,15-16,20-22H2,1-11H3/t18?,25?,27?,28-,29+,30?/m0/s1. The smallest absolute Gasteiger partial charge is 0.192 e. The number of hydrogen-bond acceptors (Lipinski definition) is 5. The summed E-state index contributed by atoms with van der Waals surface area (Å²) in [5.74, 6) is 0.144. The summed E-state index contributed by atoms with van der Waals surface area (Å²) in [6.07, 6.45) is 4.56. The maximum absolute atomic E-state index is 10.3. The molecule has 2 aliphatic rings. The van der Waals surface area contributed by atoms with Gasteiger partial charge in [-0.15, -0.1) is 5.73 Å². The van der Waals surface area contributed by atoms with Gasteiger partial charge in [0.1, 0.15) is 0 Å². The summed E-state index contributed by atoms with van der Waals surface area (Å²) in [6, 6.07) is 8.64. The van der Waals surface area contributed by atoms with Crippen molar-refractivity contribution in [3.8, 4) is 0 Å². The quantitative estimate of drug-likeness (QED) is 0.229. The van der Waals surface area contributed by atoms with Crippen molar-refractivity contribution < 1.29 is 23.4 Å². The highest BCUT2D eigenvalue weighted by Crippen LogP contribution is 2.47. The monoisotopic (exact) mass is 574 g/mol. The molecule has 2 fully saturated rings. The molecule has 0 spiro atoms.